The van der Waals surface area contributed by atoms with Crippen LogP contribution < -0.4 is 4.90 Å². The van der Waals surface area contributed by atoms with Crippen LogP contribution in [-0.4, -0.2) is 34.0 Å². The molecular weight excluding hydrogens is 274 g/mol. The highest BCUT2D eigenvalue weighted by Crippen LogP contribution is 2.26. The van der Waals surface area contributed by atoms with Gasteiger partial charge < -0.3 is 4.90 Å². The van der Waals surface area contributed by atoms with Crippen LogP contribution in [0.1, 0.15) is 0 Å². The van der Waals surface area contributed by atoms with Crippen molar-refractivity contribution in [1.29, 1.82) is 0 Å². The number of fused-ring (bicyclic) bond motifs is 1. The fourth-order valence-electron chi connectivity index (χ4n) is 1.96. The van der Waals surface area contributed by atoms with Gasteiger partial charge in [-0.15, -0.1) is 0 Å². The molecule has 1 aromatic carbocycles. The topological polar surface area (TPSA) is 54.8 Å². The average molecular weight is 286 g/mol. The molecule has 0 radical (unpaired) electrons. The monoisotopic (exact) mass is 285 g/mol. The van der Waals surface area contributed by atoms with Crippen LogP contribution in [0.15, 0.2) is 36.5 Å². The van der Waals surface area contributed by atoms with Crippen LogP contribution >= 0.6 is 11.6 Å². The number of pyridine rings is 1. The summed E-state index contributed by atoms with van der Waals surface area (Å²) in [7, 11) is 3.72. The van der Waals surface area contributed by atoms with E-state index in [2.05, 4.69) is 19.9 Å². The van der Waals surface area contributed by atoms with Gasteiger partial charge in [0.05, 0.1) is 5.52 Å². The van der Waals surface area contributed by atoms with Crippen LogP contribution in [-0.2, 0) is 0 Å². The number of benzene rings is 1. The van der Waals surface area contributed by atoms with E-state index in [0.717, 1.165) is 16.5 Å². The molecule has 0 aliphatic heterocycles. The summed E-state index contributed by atoms with van der Waals surface area (Å²) in [5.74, 6) is 1.08. The number of hydrogen-bond donors (Lipinski definition) is 0. The van der Waals surface area contributed by atoms with Crippen LogP contribution in [0.3, 0.4) is 0 Å². The van der Waals surface area contributed by atoms with Gasteiger partial charge in [0.25, 0.3) is 0 Å². The van der Waals surface area contributed by atoms with Gasteiger partial charge in [-0.25, -0.2) is 0 Å². The summed E-state index contributed by atoms with van der Waals surface area (Å²) in [6, 6.07) is 9.72. The van der Waals surface area contributed by atoms with Crippen molar-refractivity contribution >= 4 is 28.5 Å². The number of hydrogen-bond acceptors (Lipinski definition) is 5. The molecule has 0 amide bonds. The Labute approximate surface area is 121 Å². The molecule has 0 saturated heterocycles. The Kier molecular flexibility index (Phi) is 3.20. The normalized spacial score (nSPS) is 10.8. The van der Waals surface area contributed by atoms with Crippen molar-refractivity contribution in [2.24, 2.45) is 0 Å². The van der Waals surface area contributed by atoms with E-state index in [0.29, 0.717) is 11.8 Å². The van der Waals surface area contributed by atoms with Crippen molar-refractivity contribution in [2.45, 2.75) is 0 Å². The molecule has 3 aromatic rings. The maximum absolute atomic E-state index is 5.99. The second-order valence-electron chi connectivity index (χ2n) is 4.50. The Morgan fingerprint density at radius 1 is 1.00 bits per heavy atom. The van der Waals surface area contributed by atoms with Crippen molar-refractivity contribution in [2.75, 3.05) is 19.0 Å². The van der Waals surface area contributed by atoms with Crippen molar-refractivity contribution in [3.05, 3.63) is 41.8 Å². The molecule has 0 unspecified atom stereocenters. The average Bonchev–Trinajstić information content (AvgIpc) is 2.46. The van der Waals surface area contributed by atoms with Gasteiger partial charge in [-0.2, -0.15) is 15.0 Å². The van der Waals surface area contributed by atoms with Crippen molar-refractivity contribution in [1.82, 2.24) is 19.9 Å². The maximum Gasteiger partial charge on any atom is 0.229 e. The molecule has 0 fully saturated rings. The SMILES string of the molecule is CN(C)c1nc(Cl)nc(-c2cccc3ncccc23)n1. The van der Waals surface area contributed by atoms with Crippen molar-refractivity contribution < 1.29 is 0 Å². The summed E-state index contributed by atoms with van der Waals surface area (Å²) < 4.78 is 0. The predicted molar refractivity (Wildman–Crippen MR) is 79.9 cm³/mol. The van der Waals surface area contributed by atoms with Gasteiger partial charge in [0, 0.05) is 31.2 Å². The molecule has 0 aliphatic carbocycles. The summed E-state index contributed by atoms with van der Waals surface area (Å²) in [6.07, 6.45) is 1.76. The van der Waals surface area contributed by atoms with Crippen LogP contribution in [0.5, 0.6) is 0 Å². The van der Waals surface area contributed by atoms with Crippen LogP contribution in [0, 0.1) is 0 Å². The first kappa shape index (κ1) is 12.7. The van der Waals surface area contributed by atoms with E-state index < -0.39 is 0 Å². The number of anilines is 1. The van der Waals surface area contributed by atoms with E-state index in [1.165, 1.54) is 0 Å². The van der Waals surface area contributed by atoms with E-state index in [1.807, 2.05) is 44.4 Å². The van der Waals surface area contributed by atoms with Crippen LogP contribution in [0.2, 0.25) is 5.28 Å². The van der Waals surface area contributed by atoms with E-state index in [1.54, 1.807) is 11.1 Å². The minimum atomic E-state index is 0.180. The predicted octanol–water partition coefficient (Wildman–Crippen LogP) is 2.81. The summed E-state index contributed by atoms with van der Waals surface area (Å²) in [4.78, 5) is 18.9. The zero-order valence-electron chi connectivity index (χ0n) is 11.1. The Bertz CT molecular complexity index is 767. The molecule has 0 spiro atoms. The van der Waals surface area contributed by atoms with E-state index in [4.69, 9.17) is 11.6 Å². The molecule has 0 bridgehead atoms. The minimum absolute atomic E-state index is 0.180. The lowest BCUT2D eigenvalue weighted by Crippen LogP contribution is -2.14. The molecule has 2 heterocycles. The molecule has 20 heavy (non-hydrogen) atoms. The van der Waals surface area contributed by atoms with E-state index in [-0.39, 0.29) is 5.28 Å². The minimum Gasteiger partial charge on any atom is -0.347 e. The fourth-order valence-corrected chi connectivity index (χ4v) is 2.11. The number of nitrogens with zero attached hydrogens (tertiary/aromatic N) is 5. The highest BCUT2D eigenvalue weighted by atomic mass is 35.5. The largest absolute Gasteiger partial charge is 0.347 e. The molecule has 0 atom stereocenters. The Morgan fingerprint density at radius 2 is 1.85 bits per heavy atom. The molecule has 0 N–H and O–H groups in total. The highest BCUT2D eigenvalue weighted by Gasteiger charge is 2.11. The lowest BCUT2D eigenvalue weighted by atomic mass is 10.1. The van der Waals surface area contributed by atoms with Gasteiger partial charge in [-0.3, -0.25) is 4.98 Å². The molecule has 5 nitrogen and oxygen atoms in total. The van der Waals surface area contributed by atoms with Crippen molar-refractivity contribution in [3.8, 4) is 11.4 Å². The molecule has 0 saturated carbocycles. The second kappa shape index (κ2) is 5.02. The highest BCUT2D eigenvalue weighted by molar-refractivity contribution is 6.28. The quantitative estimate of drug-likeness (QED) is 0.725. The molecule has 3 rings (SSSR count). The zero-order valence-corrected chi connectivity index (χ0v) is 11.8. The van der Waals surface area contributed by atoms with Gasteiger partial charge in [0.15, 0.2) is 5.82 Å². The van der Waals surface area contributed by atoms with Gasteiger partial charge in [0.2, 0.25) is 11.2 Å². The van der Waals surface area contributed by atoms with Crippen LogP contribution in [0.4, 0.5) is 5.95 Å². The molecular formula is C14H12ClN5. The summed E-state index contributed by atoms with van der Waals surface area (Å²) in [6.45, 7) is 0. The molecule has 100 valence electrons. The first-order valence-electron chi connectivity index (χ1n) is 6.08. The number of aromatic nitrogens is 4. The van der Waals surface area contributed by atoms with Gasteiger partial charge in [-0.05, 0) is 23.7 Å². The molecule has 6 heteroatoms. The number of halogens is 1. The molecule has 2 aromatic heterocycles. The lowest BCUT2D eigenvalue weighted by molar-refractivity contribution is 0.962. The third-order valence-electron chi connectivity index (χ3n) is 2.88. The lowest BCUT2D eigenvalue weighted by Gasteiger charge is -2.11. The summed E-state index contributed by atoms with van der Waals surface area (Å²) in [5, 5.41) is 1.17. The van der Waals surface area contributed by atoms with Gasteiger partial charge in [-0.1, -0.05) is 18.2 Å². The Balaban J connectivity index is 2.25. The Morgan fingerprint density at radius 3 is 2.65 bits per heavy atom. The van der Waals surface area contributed by atoms with E-state index in [9.17, 15) is 0 Å². The summed E-state index contributed by atoms with van der Waals surface area (Å²) in [5.41, 5.74) is 1.79. The zero-order chi connectivity index (χ0) is 14.1. The van der Waals surface area contributed by atoms with Gasteiger partial charge in [0.1, 0.15) is 0 Å². The fraction of sp³-hybridized carbons (Fsp3) is 0.143. The Hall–Kier alpha value is -2.27. The van der Waals surface area contributed by atoms with Crippen LogP contribution in [0.25, 0.3) is 22.3 Å². The third-order valence-corrected chi connectivity index (χ3v) is 3.05. The summed E-state index contributed by atoms with van der Waals surface area (Å²) >= 11 is 5.99. The smallest absolute Gasteiger partial charge is 0.229 e. The number of rotatable bonds is 2. The third kappa shape index (κ3) is 2.28. The second-order valence-corrected chi connectivity index (χ2v) is 4.84. The molecule has 0 aliphatic rings. The van der Waals surface area contributed by atoms with Crippen molar-refractivity contribution in [3.63, 3.8) is 0 Å². The first-order valence-corrected chi connectivity index (χ1v) is 6.46. The first-order chi connectivity index (χ1) is 9.65. The standard InChI is InChI=1S/C14H12ClN5/c1-20(2)14-18-12(17-13(15)19-14)10-5-3-7-11-9(10)6-4-8-16-11/h3-8H,1-2H3. The van der Waals surface area contributed by atoms with E-state index >= 15 is 0 Å². The maximum atomic E-state index is 5.99. The van der Waals surface area contributed by atoms with Gasteiger partial charge >= 0.3 is 0 Å².